The lowest BCUT2D eigenvalue weighted by atomic mass is 9.93. The maximum absolute atomic E-state index is 15.4. The summed E-state index contributed by atoms with van der Waals surface area (Å²) in [4.78, 5) is 19.1. The zero-order valence-corrected chi connectivity index (χ0v) is 21.9. The standard InChI is InChI=1S/C29H29FN6O2/c1-17-24-25(18-5-7-19(8-6-18)36-13-11-32-12-14-36)22(16-31)26(33-27(24)35-34-17)21-10-9-20(15-23(21)30)38-28(37)29(2,3)4/h5-10,15,32H,11-14H2,1-4H3,(H,33,34,35). The molecule has 0 radical (unpaired) electrons. The second-order valence-corrected chi connectivity index (χ2v) is 10.4. The Labute approximate surface area is 220 Å². The smallest absolute Gasteiger partial charge is 0.316 e. The number of rotatable bonds is 4. The third-order valence-corrected chi connectivity index (χ3v) is 6.65. The van der Waals surface area contributed by atoms with Gasteiger partial charge < -0.3 is 15.0 Å². The normalized spacial score (nSPS) is 13.9. The van der Waals surface area contributed by atoms with Gasteiger partial charge in [0.15, 0.2) is 5.65 Å². The summed E-state index contributed by atoms with van der Waals surface area (Å²) >= 11 is 0. The van der Waals surface area contributed by atoms with Crippen LogP contribution in [0.25, 0.3) is 33.4 Å². The predicted octanol–water partition coefficient (Wildman–Crippen LogP) is 4.97. The summed E-state index contributed by atoms with van der Waals surface area (Å²) in [6.07, 6.45) is 0. The van der Waals surface area contributed by atoms with E-state index in [1.54, 1.807) is 20.8 Å². The predicted molar refractivity (Wildman–Crippen MR) is 144 cm³/mol. The van der Waals surface area contributed by atoms with Crippen LogP contribution in [0.15, 0.2) is 42.5 Å². The molecule has 2 aromatic carbocycles. The van der Waals surface area contributed by atoms with E-state index in [0.717, 1.165) is 54.6 Å². The zero-order chi connectivity index (χ0) is 27.0. The number of ether oxygens (including phenoxy) is 1. The first-order valence-electron chi connectivity index (χ1n) is 12.5. The molecule has 0 amide bonds. The number of aromatic amines is 1. The molecule has 1 aliphatic rings. The van der Waals surface area contributed by atoms with E-state index in [2.05, 4.69) is 31.5 Å². The number of esters is 1. The third kappa shape index (κ3) is 4.71. The van der Waals surface area contributed by atoms with Crippen molar-refractivity contribution in [1.82, 2.24) is 20.5 Å². The van der Waals surface area contributed by atoms with E-state index in [-0.39, 0.29) is 22.6 Å². The number of aryl methyl sites for hydroxylation is 1. The number of nitriles is 1. The fourth-order valence-corrected chi connectivity index (χ4v) is 4.57. The topological polar surface area (TPSA) is 107 Å². The van der Waals surface area contributed by atoms with Crippen molar-refractivity contribution in [2.75, 3.05) is 31.1 Å². The first kappa shape index (κ1) is 25.4. The summed E-state index contributed by atoms with van der Waals surface area (Å²) < 4.78 is 20.8. The Morgan fingerprint density at radius 2 is 1.84 bits per heavy atom. The number of piperazine rings is 1. The Bertz CT molecular complexity index is 1560. The highest BCUT2D eigenvalue weighted by atomic mass is 19.1. The van der Waals surface area contributed by atoms with Crippen LogP contribution in [0.2, 0.25) is 0 Å². The molecule has 1 aliphatic heterocycles. The molecular weight excluding hydrogens is 483 g/mol. The molecule has 0 atom stereocenters. The highest BCUT2D eigenvalue weighted by molar-refractivity contribution is 6.01. The minimum absolute atomic E-state index is 0.0881. The molecule has 4 aromatic rings. The molecular formula is C29H29FN6O2. The summed E-state index contributed by atoms with van der Waals surface area (Å²) in [6, 6.07) is 14.4. The van der Waals surface area contributed by atoms with Crippen LogP contribution in [0.3, 0.4) is 0 Å². The van der Waals surface area contributed by atoms with E-state index < -0.39 is 17.2 Å². The van der Waals surface area contributed by atoms with Crippen molar-refractivity contribution in [1.29, 1.82) is 5.26 Å². The minimum Gasteiger partial charge on any atom is -0.426 e. The molecule has 0 aliphatic carbocycles. The van der Waals surface area contributed by atoms with Crippen molar-refractivity contribution in [2.45, 2.75) is 27.7 Å². The van der Waals surface area contributed by atoms with Crippen molar-refractivity contribution in [2.24, 2.45) is 5.41 Å². The van der Waals surface area contributed by atoms with Crippen LogP contribution in [-0.2, 0) is 4.79 Å². The lowest BCUT2D eigenvalue weighted by molar-refractivity contribution is -0.143. The Balaban J connectivity index is 1.61. The number of anilines is 1. The van der Waals surface area contributed by atoms with Crippen LogP contribution in [0.1, 0.15) is 32.0 Å². The third-order valence-electron chi connectivity index (χ3n) is 6.65. The minimum atomic E-state index is -0.733. The van der Waals surface area contributed by atoms with Gasteiger partial charge in [0.05, 0.1) is 22.1 Å². The van der Waals surface area contributed by atoms with E-state index in [1.165, 1.54) is 12.1 Å². The Hall–Kier alpha value is -4.29. The molecule has 38 heavy (non-hydrogen) atoms. The molecule has 1 fully saturated rings. The number of nitrogens with one attached hydrogen (secondary N) is 2. The molecule has 0 saturated carbocycles. The molecule has 0 unspecified atom stereocenters. The van der Waals surface area contributed by atoms with Crippen LogP contribution in [0, 0.1) is 29.5 Å². The number of hydrogen-bond acceptors (Lipinski definition) is 7. The maximum Gasteiger partial charge on any atom is 0.316 e. The number of halogens is 1. The summed E-state index contributed by atoms with van der Waals surface area (Å²) in [5, 5.41) is 21.6. The summed E-state index contributed by atoms with van der Waals surface area (Å²) in [5.74, 6) is -1.04. The van der Waals surface area contributed by atoms with Gasteiger partial charge >= 0.3 is 5.97 Å². The molecule has 9 heteroatoms. The van der Waals surface area contributed by atoms with Gasteiger partial charge in [-0.25, -0.2) is 9.37 Å². The van der Waals surface area contributed by atoms with E-state index in [1.807, 2.05) is 31.2 Å². The Kier molecular flexibility index (Phi) is 6.59. The average Bonchev–Trinajstić information content (AvgIpc) is 3.28. The molecule has 2 N–H and O–H groups in total. The van der Waals surface area contributed by atoms with Gasteiger partial charge in [-0.15, -0.1) is 0 Å². The summed E-state index contributed by atoms with van der Waals surface area (Å²) in [6.45, 7) is 10.8. The van der Waals surface area contributed by atoms with E-state index in [4.69, 9.17) is 4.74 Å². The van der Waals surface area contributed by atoms with Gasteiger partial charge in [0, 0.05) is 54.8 Å². The molecule has 5 rings (SSSR count). The van der Waals surface area contributed by atoms with Gasteiger partial charge in [0.1, 0.15) is 17.6 Å². The second kappa shape index (κ2) is 9.88. The Morgan fingerprint density at radius 3 is 2.47 bits per heavy atom. The van der Waals surface area contributed by atoms with Gasteiger partial charge in [-0.1, -0.05) is 12.1 Å². The van der Waals surface area contributed by atoms with Crippen LogP contribution in [0.4, 0.5) is 10.1 Å². The van der Waals surface area contributed by atoms with Crippen LogP contribution >= 0.6 is 0 Å². The number of nitrogens with zero attached hydrogens (tertiary/aromatic N) is 4. The van der Waals surface area contributed by atoms with Crippen LogP contribution in [-0.4, -0.2) is 47.3 Å². The average molecular weight is 513 g/mol. The fraction of sp³-hybridized carbons (Fsp3) is 0.310. The lowest BCUT2D eigenvalue weighted by Gasteiger charge is -2.29. The number of aromatic nitrogens is 3. The van der Waals surface area contributed by atoms with Gasteiger partial charge in [-0.3, -0.25) is 9.89 Å². The first-order valence-corrected chi connectivity index (χ1v) is 12.5. The molecule has 8 nitrogen and oxygen atoms in total. The monoisotopic (exact) mass is 512 g/mol. The van der Waals surface area contributed by atoms with Gasteiger partial charge in [0.25, 0.3) is 0 Å². The van der Waals surface area contributed by atoms with Crippen molar-refractivity contribution in [3.05, 3.63) is 59.5 Å². The first-order chi connectivity index (χ1) is 18.2. The molecule has 0 bridgehead atoms. The number of benzene rings is 2. The van der Waals surface area contributed by atoms with Crippen molar-refractivity contribution in [3.63, 3.8) is 0 Å². The Morgan fingerprint density at radius 1 is 1.13 bits per heavy atom. The van der Waals surface area contributed by atoms with E-state index in [9.17, 15) is 10.1 Å². The van der Waals surface area contributed by atoms with Gasteiger partial charge in [-0.2, -0.15) is 10.4 Å². The highest BCUT2D eigenvalue weighted by Gasteiger charge is 2.26. The number of fused-ring (bicyclic) bond motifs is 1. The summed E-state index contributed by atoms with van der Waals surface area (Å²) in [5.41, 5.74) is 3.54. The maximum atomic E-state index is 15.4. The zero-order valence-electron chi connectivity index (χ0n) is 21.9. The summed E-state index contributed by atoms with van der Waals surface area (Å²) in [7, 11) is 0. The molecule has 1 saturated heterocycles. The molecule has 194 valence electrons. The van der Waals surface area contributed by atoms with Crippen LogP contribution in [0.5, 0.6) is 5.75 Å². The quantitative estimate of drug-likeness (QED) is 0.294. The number of pyridine rings is 1. The van der Waals surface area contributed by atoms with E-state index in [0.29, 0.717) is 11.2 Å². The lowest BCUT2D eigenvalue weighted by Crippen LogP contribution is -2.43. The largest absolute Gasteiger partial charge is 0.426 e. The molecule has 0 spiro atoms. The number of carbonyl (C=O) groups excluding carboxylic acids is 1. The molecule has 3 heterocycles. The van der Waals surface area contributed by atoms with Gasteiger partial charge in [-0.05, 0) is 57.5 Å². The number of H-pyrrole nitrogens is 1. The van der Waals surface area contributed by atoms with Crippen molar-refractivity contribution < 1.29 is 13.9 Å². The number of carbonyl (C=O) groups is 1. The molecule has 2 aromatic heterocycles. The highest BCUT2D eigenvalue weighted by Crippen LogP contribution is 2.39. The fourth-order valence-electron chi connectivity index (χ4n) is 4.57. The van der Waals surface area contributed by atoms with Crippen molar-refractivity contribution >= 4 is 22.7 Å². The SMILES string of the molecule is Cc1[nH]nc2nc(-c3ccc(OC(=O)C(C)(C)C)cc3F)c(C#N)c(-c3ccc(N4CCNCC4)cc3)c12. The van der Waals surface area contributed by atoms with E-state index >= 15 is 4.39 Å². The van der Waals surface area contributed by atoms with Crippen LogP contribution < -0.4 is 15.0 Å². The second-order valence-electron chi connectivity index (χ2n) is 10.4. The number of hydrogen-bond donors (Lipinski definition) is 2. The van der Waals surface area contributed by atoms with Gasteiger partial charge in [0.2, 0.25) is 0 Å². The van der Waals surface area contributed by atoms with Crippen molar-refractivity contribution in [3.8, 4) is 34.2 Å².